The average molecular weight is 170 g/mol. The van der Waals surface area contributed by atoms with Gasteiger partial charge in [0.2, 0.25) is 0 Å². The van der Waals surface area contributed by atoms with Crippen LogP contribution < -0.4 is 0 Å². The van der Waals surface area contributed by atoms with Gasteiger partial charge in [-0.1, -0.05) is 13.8 Å². The summed E-state index contributed by atoms with van der Waals surface area (Å²) in [5.74, 6) is 0. The second-order valence-electron chi connectivity index (χ2n) is 1.81. The first-order valence-electron chi connectivity index (χ1n) is 2.55. The summed E-state index contributed by atoms with van der Waals surface area (Å²) in [4.78, 5) is 8.79. The molecule has 0 aliphatic rings. The minimum Gasteiger partial charge on any atom is -0.316 e. The van der Waals surface area contributed by atoms with Crippen LogP contribution in [0.25, 0.3) is 0 Å². The zero-order valence-electron chi connectivity index (χ0n) is 5.70. The Kier molecular flexibility index (Phi) is 3.82. The number of hydrogen-bond donors (Lipinski definition) is 1. The van der Waals surface area contributed by atoms with Gasteiger partial charge in [0.15, 0.2) is 0 Å². The lowest BCUT2D eigenvalue weighted by Crippen LogP contribution is -1.87. The van der Waals surface area contributed by atoms with Crippen molar-refractivity contribution >= 4 is 18.2 Å². The first kappa shape index (κ1) is 9.50. The SMILES string of the molecule is COP(=O)(O)SC(C)C. The van der Waals surface area contributed by atoms with E-state index in [4.69, 9.17) is 4.89 Å². The Morgan fingerprint density at radius 3 is 2.22 bits per heavy atom. The van der Waals surface area contributed by atoms with E-state index in [9.17, 15) is 4.57 Å². The fraction of sp³-hybridized carbons (Fsp3) is 1.00. The Morgan fingerprint density at radius 1 is 1.67 bits per heavy atom. The monoisotopic (exact) mass is 170 g/mol. The van der Waals surface area contributed by atoms with Crippen molar-refractivity contribution in [2.45, 2.75) is 19.1 Å². The van der Waals surface area contributed by atoms with Crippen LogP contribution in [-0.4, -0.2) is 17.3 Å². The topological polar surface area (TPSA) is 46.5 Å². The molecule has 0 aliphatic carbocycles. The van der Waals surface area contributed by atoms with E-state index in [-0.39, 0.29) is 5.25 Å². The molecule has 1 unspecified atom stereocenters. The average Bonchev–Trinajstić information content (AvgIpc) is 1.63. The zero-order chi connectivity index (χ0) is 7.49. The zero-order valence-corrected chi connectivity index (χ0v) is 7.41. The maximum atomic E-state index is 10.7. The molecule has 0 aromatic rings. The molecule has 0 spiro atoms. The van der Waals surface area contributed by atoms with Crippen molar-refractivity contribution in [1.82, 2.24) is 0 Å². The highest BCUT2D eigenvalue weighted by molar-refractivity contribution is 8.55. The highest BCUT2D eigenvalue weighted by atomic mass is 32.7. The summed E-state index contributed by atoms with van der Waals surface area (Å²) in [6, 6.07) is 0. The Balaban J connectivity index is 3.73. The van der Waals surface area contributed by atoms with Crippen LogP contribution in [0.15, 0.2) is 0 Å². The minimum absolute atomic E-state index is 0.126. The van der Waals surface area contributed by atoms with E-state index in [1.54, 1.807) is 0 Å². The molecule has 0 fully saturated rings. The third-order valence-electron chi connectivity index (χ3n) is 0.575. The molecule has 3 nitrogen and oxygen atoms in total. The predicted octanol–water partition coefficient (Wildman–Crippen LogP) is 1.87. The van der Waals surface area contributed by atoms with Crippen molar-refractivity contribution in [2.24, 2.45) is 0 Å². The lowest BCUT2D eigenvalue weighted by atomic mass is 10.6. The van der Waals surface area contributed by atoms with Crippen LogP contribution in [-0.2, 0) is 9.09 Å². The summed E-state index contributed by atoms with van der Waals surface area (Å²) in [6.07, 6.45) is 0. The summed E-state index contributed by atoms with van der Waals surface area (Å²) in [5.41, 5.74) is 0. The van der Waals surface area contributed by atoms with E-state index in [0.29, 0.717) is 0 Å². The standard InChI is InChI=1S/C4H11O3PS/c1-4(2)9-8(5,6)7-3/h4H,1-3H3,(H,5,6). The van der Waals surface area contributed by atoms with Crippen LogP contribution in [0.1, 0.15) is 13.8 Å². The van der Waals surface area contributed by atoms with Crippen molar-refractivity contribution in [3.05, 3.63) is 0 Å². The molecule has 56 valence electrons. The lowest BCUT2D eigenvalue weighted by Gasteiger charge is -2.08. The van der Waals surface area contributed by atoms with Crippen LogP contribution in [0.5, 0.6) is 0 Å². The van der Waals surface area contributed by atoms with Gasteiger partial charge >= 0.3 is 6.80 Å². The number of hydrogen-bond acceptors (Lipinski definition) is 3. The van der Waals surface area contributed by atoms with Crippen molar-refractivity contribution in [2.75, 3.05) is 7.11 Å². The predicted molar refractivity (Wildman–Crippen MR) is 39.6 cm³/mol. The molecule has 1 N–H and O–H groups in total. The third-order valence-corrected chi connectivity index (χ3v) is 4.24. The van der Waals surface area contributed by atoms with Gasteiger partial charge in [-0.2, -0.15) is 0 Å². The Hall–Kier alpha value is 0.500. The van der Waals surface area contributed by atoms with E-state index in [1.807, 2.05) is 13.8 Å². The molecule has 0 heterocycles. The molecule has 0 aromatic heterocycles. The molecule has 0 aromatic carbocycles. The molecular weight excluding hydrogens is 159 g/mol. The molecule has 0 saturated heterocycles. The van der Waals surface area contributed by atoms with Crippen LogP contribution in [0, 0.1) is 0 Å². The normalized spacial score (nSPS) is 17.9. The van der Waals surface area contributed by atoms with Gasteiger partial charge in [-0.25, -0.2) is 4.57 Å². The number of rotatable bonds is 3. The maximum Gasteiger partial charge on any atom is 0.386 e. The highest BCUT2D eigenvalue weighted by Crippen LogP contribution is 2.56. The molecule has 0 radical (unpaired) electrons. The first-order valence-corrected chi connectivity index (χ1v) is 5.61. The van der Waals surface area contributed by atoms with E-state index in [1.165, 1.54) is 7.11 Å². The first-order chi connectivity index (χ1) is 3.98. The molecule has 0 amide bonds. The van der Waals surface area contributed by atoms with E-state index in [2.05, 4.69) is 4.52 Å². The van der Waals surface area contributed by atoms with Gasteiger partial charge in [0, 0.05) is 12.4 Å². The third kappa shape index (κ3) is 4.97. The molecule has 0 rings (SSSR count). The Bertz CT molecular complexity index is 125. The Labute approximate surface area is 59.1 Å². The lowest BCUT2D eigenvalue weighted by molar-refractivity contribution is 0.336. The highest BCUT2D eigenvalue weighted by Gasteiger charge is 2.19. The van der Waals surface area contributed by atoms with Crippen molar-refractivity contribution in [3.63, 3.8) is 0 Å². The van der Waals surface area contributed by atoms with E-state index >= 15 is 0 Å². The molecule has 9 heavy (non-hydrogen) atoms. The van der Waals surface area contributed by atoms with Crippen LogP contribution in [0.3, 0.4) is 0 Å². The van der Waals surface area contributed by atoms with Crippen molar-refractivity contribution in [1.29, 1.82) is 0 Å². The quantitative estimate of drug-likeness (QED) is 0.657. The second-order valence-corrected chi connectivity index (χ2v) is 6.28. The summed E-state index contributed by atoms with van der Waals surface area (Å²) >= 11 is 0.946. The van der Waals surface area contributed by atoms with Crippen LogP contribution in [0.4, 0.5) is 0 Å². The summed E-state index contributed by atoms with van der Waals surface area (Å²) in [5, 5.41) is 0.126. The van der Waals surface area contributed by atoms with Gasteiger partial charge in [0.05, 0.1) is 0 Å². The molecule has 0 bridgehead atoms. The van der Waals surface area contributed by atoms with Gasteiger partial charge in [0.1, 0.15) is 0 Å². The van der Waals surface area contributed by atoms with Gasteiger partial charge in [-0.05, 0) is 11.4 Å². The van der Waals surface area contributed by atoms with Crippen LogP contribution >= 0.6 is 18.2 Å². The molecule has 5 heteroatoms. The van der Waals surface area contributed by atoms with E-state index in [0.717, 1.165) is 11.4 Å². The van der Waals surface area contributed by atoms with Crippen molar-refractivity contribution in [3.8, 4) is 0 Å². The molecule has 0 aliphatic heterocycles. The Morgan fingerprint density at radius 2 is 2.11 bits per heavy atom. The van der Waals surface area contributed by atoms with Crippen molar-refractivity contribution < 1.29 is 14.0 Å². The molecule has 1 atom stereocenters. The van der Waals surface area contributed by atoms with E-state index < -0.39 is 6.80 Å². The maximum absolute atomic E-state index is 10.7. The van der Waals surface area contributed by atoms with Gasteiger partial charge in [-0.15, -0.1) is 0 Å². The molecule has 0 saturated carbocycles. The van der Waals surface area contributed by atoms with Crippen LogP contribution in [0.2, 0.25) is 0 Å². The largest absolute Gasteiger partial charge is 0.386 e. The van der Waals surface area contributed by atoms with Gasteiger partial charge < -0.3 is 9.42 Å². The fourth-order valence-corrected chi connectivity index (χ4v) is 2.79. The van der Waals surface area contributed by atoms with Gasteiger partial charge in [0.25, 0.3) is 0 Å². The fourth-order valence-electron chi connectivity index (χ4n) is 0.309. The molecular formula is C4H11O3PS. The smallest absolute Gasteiger partial charge is 0.316 e. The van der Waals surface area contributed by atoms with Gasteiger partial charge in [-0.3, -0.25) is 0 Å². The summed E-state index contributed by atoms with van der Waals surface area (Å²) < 4.78 is 15.0. The summed E-state index contributed by atoms with van der Waals surface area (Å²) in [6.45, 7) is 0.367. The minimum atomic E-state index is -3.31. The summed E-state index contributed by atoms with van der Waals surface area (Å²) in [7, 11) is 1.23. The second kappa shape index (κ2) is 3.62.